The molecule has 2 amide bonds. The number of anilines is 1. The normalized spacial score (nSPS) is 15.0. The summed E-state index contributed by atoms with van der Waals surface area (Å²) in [5, 5.41) is 13.7. The summed E-state index contributed by atoms with van der Waals surface area (Å²) in [6.07, 6.45) is 1.31. The average Bonchev–Trinajstić information content (AvgIpc) is 3.26. The number of benzene rings is 2. The Bertz CT molecular complexity index is 1390. The van der Waals surface area contributed by atoms with Crippen molar-refractivity contribution in [3.63, 3.8) is 0 Å². The molecule has 1 fully saturated rings. The molecule has 1 N–H and O–H groups in total. The lowest BCUT2D eigenvalue weighted by Gasteiger charge is -2.30. The fraction of sp³-hybridized carbons (Fsp3) is 0.125. The van der Waals surface area contributed by atoms with E-state index in [1.54, 1.807) is 18.2 Å². The molecule has 0 saturated carbocycles. The number of nitrogens with one attached hydrogen (secondary N) is 1. The van der Waals surface area contributed by atoms with Crippen LogP contribution in [0.3, 0.4) is 0 Å². The second-order valence-electron chi connectivity index (χ2n) is 7.59. The van der Waals surface area contributed by atoms with Crippen LogP contribution in [-0.4, -0.2) is 29.0 Å². The zero-order valence-electron chi connectivity index (χ0n) is 18.4. The quantitative estimate of drug-likeness (QED) is 0.191. The third kappa shape index (κ3) is 4.18. The number of carbonyl (C=O) groups is 2. The van der Waals surface area contributed by atoms with E-state index in [0.29, 0.717) is 17.0 Å². The van der Waals surface area contributed by atoms with Crippen LogP contribution in [0.1, 0.15) is 16.9 Å². The lowest BCUT2D eigenvalue weighted by molar-refractivity contribution is -0.384. The Balaban J connectivity index is 1.72. The van der Waals surface area contributed by atoms with Crippen molar-refractivity contribution in [1.29, 1.82) is 0 Å². The Hall–Kier alpha value is -4.31. The number of aryl methyl sites for hydroxylation is 2. The first-order valence-electron chi connectivity index (χ1n) is 10.1. The number of furan rings is 1. The second-order valence-corrected chi connectivity index (χ2v) is 7.98. The molecule has 1 aromatic heterocycles. The number of nitrogens with zero attached hydrogens (tertiary/aromatic N) is 2. The molecule has 9 nitrogen and oxygen atoms in total. The highest BCUT2D eigenvalue weighted by atomic mass is 32.1. The van der Waals surface area contributed by atoms with E-state index in [0.717, 1.165) is 11.1 Å². The lowest BCUT2D eigenvalue weighted by atomic mass is 10.1. The first-order chi connectivity index (χ1) is 16.2. The molecule has 172 valence electrons. The predicted molar refractivity (Wildman–Crippen MR) is 129 cm³/mol. The topological polar surface area (TPSA) is 115 Å². The van der Waals surface area contributed by atoms with Crippen LogP contribution in [0, 0.1) is 24.0 Å². The Morgan fingerprint density at radius 3 is 2.56 bits per heavy atom. The van der Waals surface area contributed by atoms with E-state index in [4.69, 9.17) is 21.4 Å². The van der Waals surface area contributed by atoms with Crippen molar-refractivity contribution in [1.82, 2.24) is 5.32 Å². The molecule has 34 heavy (non-hydrogen) atoms. The monoisotopic (exact) mass is 477 g/mol. The summed E-state index contributed by atoms with van der Waals surface area (Å²) >= 11 is 5.26. The van der Waals surface area contributed by atoms with E-state index in [9.17, 15) is 19.7 Å². The Morgan fingerprint density at radius 1 is 1.12 bits per heavy atom. The smallest absolute Gasteiger partial charge is 0.270 e. The molecule has 0 radical (unpaired) electrons. The number of methoxy groups -OCH3 is 1. The van der Waals surface area contributed by atoms with E-state index in [2.05, 4.69) is 5.32 Å². The first-order valence-corrected chi connectivity index (χ1v) is 10.5. The highest BCUT2D eigenvalue weighted by Gasteiger charge is 2.35. The highest BCUT2D eigenvalue weighted by Crippen LogP contribution is 2.35. The summed E-state index contributed by atoms with van der Waals surface area (Å²) in [6, 6.07) is 12.8. The van der Waals surface area contributed by atoms with E-state index < -0.39 is 16.7 Å². The molecule has 2 heterocycles. The maximum absolute atomic E-state index is 13.3. The van der Waals surface area contributed by atoms with Gasteiger partial charge in [0.1, 0.15) is 22.8 Å². The molecule has 4 rings (SSSR count). The van der Waals surface area contributed by atoms with Crippen LogP contribution in [0.4, 0.5) is 11.4 Å². The van der Waals surface area contributed by atoms with E-state index in [1.807, 2.05) is 26.0 Å². The third-order valence-electron chi connectivity index (χ3n) is 5.27. The Labute approximate surface area is 199 Å². The average molecular weight is 477 g/mol. The van der Waals surface area contributed by atoms with E-state index in [1.165, 1.54) is 36.3 Å². The van der Waals surface area contributed by atoms with Gasteiger partial charge >= 0.3 is 0 Å². The van der Waals surface area contributed by atoms with Crippen LogP contribution in [0.2, 0.25) is 0 Å². The van der Waals surface area contributed by atoms with Crippen LogP contribution in [-0.2, 0) is 9.59 Å². The molecule has 10 heteroatoms. The standard InChI is InChI=1S/C24H19N3O6S/c1-13-4-7-19(14(2)10-13)26-23(29)18(22(28)25-24(26)34)12-16-6-9-21(33-16)17-11-15(27(30)31)5-8-20(17)32-3/h4-12H,1-3H3,(H,25,28,34)/b18-12+. The fourth-order valence-electron chi connectivity index (χ4n) is 3.65. The number of nitro groups is 1. The van der Waals surface area contributed by atoms with Gasteiger partial charge in [-0.2, -0.15) is 0 Å². The zero-order chi connectivity index (χ0) is 24.6. The van der Waals surface area contributed by atoms with Crippen LogP contribution in [0.5, 0.6) is 5.75 Å². The fourth-order valence-corrected chi connectivity index (χ4v) is 3.93. The van der Waals surface area contributed by atoms with Crippen molar-refractivity contribution in [3.05, 3.63) is 81.1 Å². The molecule has 0 spiro atoms. The molecule has 0 atom stereocenters. The van der Waals surface area contributed by atoms with Gasteiger partial charge in [-0.25, -0.2) is 0 Å². The number of carbonyl (C=O) groups excluding carboxylic acids is 2. The van der Waals surface area contributed by atoms with Crippen LogP contribution < -0.4 is 15.0 Å². The van der Waals surface area contributed by atoms with Gasteiger partial charge in [0.2, 0.25) is 0 Å². The molecular weight excluding hydrogens is 458 g/mol. The number of amides is 2. The maximum Gasteiger partial charge on any atom is 0.270 e. The number of hydrogen-bond acceptors (Lipinski definition) is 7. The van der Waals surface area contributed by atoms with Crippen molar-refractivity contribution in [3.8, 4) is 17.1 Å². The largest absolute Gasteiger partial charge is 0.496 e. The van der Waals surface area contributed by atoms with Gasteiger partial charge in [-0.1, -0.05) is 17.7 Å². The zero-order valence-corrected chi connectivity index (χ0v) is 19.3. The molecule has 0 bridgehead atoms. The van der Waals surface area contributed by atoms with Gasteiger partial charge in [-0.3, -0.25) is 29.9 Å². The molecular formula is C24H19N3O6S. The number of hydrogen-bond donors (Lipinski definition) is 1. The molecule has 1 aliphatic heterocycles. The van der Waals surface area contributed by atoms with Gasteiger partial charge in [-0.15, -0.1) is 0 Å². The van der Waals surface area contributed by atoms with E-state index >= 15 is 0 Å². The SMILES string of the molecule is COc1ccc([N+](=O)[O-])cc1-c1ccc(/C=C2\C(=O)NC(=S)N(c3ccc(C)cc3C)C2=O)o1. The number of nitro benzene ring substituents is 1. The molecule has 1 saturated heterocycles. The van der Waals surface area contributed by atoms with Crippen molar-refractivity contribution in [2.45, 2.75) is 13.8 Å². The van der Waals surface area contributed by atoms with Crippen LogP contribution in [0.15, 0.2) is 58.5 Å². The first kappa shape index (κ1) is 22.9. The Morgan fingerprint density at radius 2 is 1.88 bits per heavy atom. The minimum atomic E-state index is -0.651. The summed E-state index contributed by atoms with van der Waals surface area (Å²) in [5.41, 5.74) is 2.47. The summed E-state index contributed by atoms with van der Waals surface area (Å²) in [4.78, 5) is 37.8. The summed E-state index contributed by atoms with van der Waals surface area (Å²) in [6.45, 7) is 3.79. The van der Waals surface area contributed by atoms with Gasteiger partial charge in [0.05, 0.1) is 23.3 Å². The van der Waals surface area contributed by atoms with Crippen molar-refractivity contribution in [2.24, 2.45) is 0 Å². The van der Waals surface area contributed by atoms with Crippen molar-refractivity contribution in [2.75, 3.05) is 12.0 Å². The molecule has 1 aliphatic rings. The summed E-state index contributed by atoms with van der Waals surface area (Å²) < 4.78 is 11.1. The van der Waals surface area contributed by atoms with E-state index in [-0.39, 0.29) is 27.9 Å². The highest BCUT2D eigenvalue weighted by molar-refractivity contribution is 7.80. The second kappa shape index (κ2) is 8.91. The molecule has 3 aromatic rings. The predicted octanol–water partition coefficient (Wildman–Crippen LogP) is 4.31. The van der Waals surface area contributed by atoms with Gasteiger partial charge in [0, 0.05) is 12.1 Å². The number of rotatable bonds is 5. The third-order valence-corrected chi connectivity index (χ3v) is 5.55. The minimum Gasteiger partial charge on any atom is -0.496 e. The van der Waals surface area contributed by atoms with Gasteiger partial charge < -0.3 is 9.15 Å². The van der Waals surface area contributed by atoms with Crippen LogP contribution in [0.25, 0.3) is 17.4 Å². The number of thiocarbonyl (C=S) groups is 1. The van der Waals surface area contributed by atoms with Gasteiger partial charge in [0.15, 0.2) is 5.11 Å². The summed E-state index contributed by atoms with van der Waals surface area (Å²) in [5.74, 6) is -0.390. The number of ether oxygens (including phenoxy) is 1. The van der Waals surface area contributed by atoms with Gasteiger partial charge in [0.25, 0.3) is 17.5 Å². The number of non-ortho nitro benzene ring substituents is 1. The van der Waals surface area contributed by atoms with Crippen LogP contribution >= 0.6 is 12.2 Å². The lowest BCUT2D eigenvalue weighted by Crippen LogP contribution is -2.54. The molecule has 0 unspecified atom stereocenters. The van der Waals surface area contributed by atoms with Gasteiger partial charge in [-0.05, 0) is 62.0 Å². The minimum absolute atomic E-state index is 0.0134. The van der Waals surface area contributed by atoms with Crippen molar-refractivity contribution >= 4 is 46.6 Å². The molecule has 2 aromatic carbocycles. The molecule has 0 aliphatic carbocycles. The maximum atomic E-state index is 13.3. The Kier molecular flexibility index (Phi) is 5.99. The summed E-state index contributed by atoms with van der Waals surface area (Å²) in [7, 11) is 1.44. The van der Waals surface area contributed by atoms with Crippen molar-refractivity contribution < 1.29 is 23.7 Å².